The van der Waals surface area contributed by atoms with E-state index in [-0.39, 0.29) is 24.5 Å². The van der Waals surface area contributed by atoms with Gasteiger partial charge >= 0.3 is 23.2 Å². The van der Waals surface area contributed by atoms with Crippen molar-refractivity contribution in [2.24, 2.45) is 0 Å². The van der Waals surface area contributed by atoms with E-state index in [0.717, 1.165) is 6.42 Å². The largest absolute Gasteiger partial charge is 0.444 e. The van der Waals surface area contributed by atoms with Crippen molar-refractivity contribution in [1.29, 1.82) is 0 Å². The number of ether oxygens (including phenoxy) is 2. The van der Waals surface area contributed by atoms with Gasteiger partial charge in [-0.1, -0.05) is 6.92 Å². The van der Waals surface area contributed by atoms with Crippen molar-refractivity contribution in [2.75, 3.05) is 19.7 Å². The number of halogens is 3. The Bertz CT molecular complexity index is 739. The summed E-state index contributed by atoms with van der Waals surface area (Å²) in [5.41, 5.74) is -3.91. The van der Waals surface area contributed by atoms with Crippen LogP contribution in [0.25, 0.3) is 0 Å². The van der Waals surface area contributed by atoms with Gasteiger partial charge in [-0.15, -0.1) is 12.3 Å². The summed E-state index contributed by atoms with van der Waals surface area (Å²) in [6, 6.07) is 0. The Morgan fingerprint density at radius 1 is 1.07 bits per heavy atom. The van der Waals surface area contributed by atoms with Gasteiger partial charge in [0, 0.05) is 41.9 Å². The zero-order chi connectivity index (χ0) is 20.9. The molecule has 0 unspecified atom stereocenters. The van der Waals surface area contributed by atoms with E-state index in [1.54, 1.807) is 4.90 Å². The van der Waals surface area contributed by atoms with E-state index in [9.17, 15) is 19.2 Å². The second-order valence-corrected chi connectivity index (χ2v) is 7.53. The monoisotopic (exact) mass is 446 g/mol. The molecule has 154 valence electrons. The molecule has 2 heterocycles. The molecule has 1 aliphatic heterocycles. The van der Waals surface area contributed by atoms with Gasteiger partial charge in [0.1, 0.15) is 5.60 Å². The van der Waals surface area contributed by atoms with Gasteiger partial charge in [-0.25, -0.2) is 19.2 Å². The van der Waals surface area contributed by atoms with Crippen LogP contribution in [0.3, 0.4) is 0 Å². The third-order valence-corrected chi connectivity index (χ3v) is 4.12. The van der Waals surface area contributed by atoms with Gasteiger partial charge in [0.25, 0.3) is 0 Å². The SMILES string of the molecule is CC[C@H]1CN(C(=O)OC(C)(C)C)CCO1.O=c1n(Cl)c(=O)n(Cl)c(=O)n1Cl. The number of carbonyl (C=O) groups is 1. The Labute approximate surface area is 170 Å². The molecule has 1 fully saturated rings. The third-order valence-electron chi connectivity index (χ3n) is 3.25. The zero-order valence-electron chi connectivity index (χ0n) is 15.3. The summed E-state index contributed by atoms with van der Waals surface area (Å²) in [7, 11) is 0. The molecule has 27 heavy (non-hydrogen) atoms. The lowest BCUT2D eigenvalue weighted by atomic mass is 10.2. The van der Waals surface area contributed by atoms with Crippen molar-refractivity contribution in [3.63, 3.8) is 0 Å². The number of hydrogen-bond donors (Lipinski definition) is 0. The number of rotatable bonds is 1. The van der Waals surface area contributed by atoms with E-state index in [4.69, 9.17) is 44.8 Å². The maximum absolute atomic E-state index is 11.7. The van der Waals surface area contributed by atoms with E-state index in [1.165, 1.54) is 0 Å². The zero-order valence-corrected chi connectivity index (χ0v) is 17.5. The van der Waals surface area contributed by atoms with Gasteiger partial charge in [0.15, 0.2) is 0 Å². The lowest BCUT2D eigenvalue weighted by molar-refractivity contribution is -0.0428. The number of nitrogens with zero attached hydrogens (tertiary/aromatic N) is 4. The normalized spacial score (nSPS) is 17.1. The van der Waals surface area contributed by atoms with Crippen molar-refractivity contribution >= 4 is 41.4 Å². The molecule has 0 radical (unpaired) electrons. The molecular weight excluding hydrogens is 427 g/mol. The molecule has 13 heteroatoms. The lowest BCUT2D eigenvalue weighted by Crippen LogP contribution is -2.47. The molecule has 0 saturated carbocycles. The van der Waals surface area contributed by atoms with Crippen LogP contribution in [-0.4, -0.2) is 54.7 Å². The van der Waals surface area contributed by atoms with Crippen LogP contribution in [0.2, 0.25) is 0 Å². The van der Waals surface area contributed by atoms with Crippen LogP contribution in [0.15, 0.2) is 14.4 Å². The van der Waals surface area contributed by atoms with Gasteiger partial charge in [0.2, 0.25) is 0 Å². The number of aromatic nitrogens is 3. The number of morpholine rings is 1. The molecule has 0 N–H and O–H groups in total. The highest BCUT2D eigenvalue weighted by Crippen LogP contribution is 2.14. The summed E-state index contributed by atoms with van der Waals surface area (Å²) in [5, 5.41) is 0. The van der Waals surface area contributed by atoms with E-state index in [0.29, 0.717) is 19.7 Å². The standard InChI is InChI=1S/C11H21NO3.C3Cl3N3O3/c1-5-9-8-12(6-7-14-9)10(13)15-11(2,3)4;4-7-1(10)8(5)3(12)9(6)2(7)11/h9H,5-8H2,1-4H3;/t9-;/m0./s1. The highest BCUT2D eigenvalue weighted by atomic mass is 35.5. The Morgan fingerprint density at radius 2 is 1.52 bits per heavy atom. The van der Waals surface area contributed by atoms with E-state index in [1.807, 2.05) is 20.8 Å². The average molecular weight is 448 g/mol. The highest BCUT2D eigenvalue weighted by Gasteiger charge is 2.27. The quantitative estimate of drug-likeness (QED) is 0.641. The second-order valence-electron chi connectivity index (χ2n) is 6.52. The minimum Gasteiger partial charge on any atom is -0.444 e. The molecule has 1 atom stereocenters. The first-order chi connectivity index (χ1) is 12.4. The van der Waals surface area contributed by atoms with Crippen molar-refractivity contribution in [2.45, 2.75) is 45.8 Å². The molecular formula is C14H21Cl3N4O6. The fourth-order valence-electron chi connectivity index (χ4n) is 1.94. The first kappa shape index (κ1) is 23.5. The van der Waals surface area contributed by atoms with Crippen LogP contribution in [0.5, 0.6) is 0 Å². The molecule has 0 aliphatic carbocycles. The van der Waals surface area contributed by atoms with Gasteiger partial charge in [-0.3, -0.25) is 0 Å². The molecule has 10 nitrogen and oxygen atoms in total. The van der Waals surface area contributed by atoms with Crippen molar-refractivity contribution < 1.29 is 14.3 Å². The maximum Gasteiger partial charge on any atom is 0.410 e. The van der Waals surface area contributed by atoms with E-state index >= 15 is 0 Å². The molecule has 1 aliphatic rings. The maximum atomic E-state index is 11.7. The first-order valence-corrected chi connectivity index (χ1v) is 8.99. The van der Waals surface area contributed by atoms with Gasteiger partial charge in [-0.2, -0.15) is 0 Å². The summed E-state index contributed by atoms with van der Waals surface area (Å²) in [6.07, 6.45) is 0.856. The molecule has 2 rings (SSSR count). The van der Waals surface area contributed by atoms with Crippen LogP contribution in [0, 0.1) is 0 Å². The van der Waals surface area contributed by atoms with E-state index < -0.39 is 22.7 Å². The minimum atomic E-state index is -1.16. The van der Waals surface area contributed by atoms with Crippen molar-refractivity contribution in [1.82, 2.24) is 17.2 Å². The Hall–Kier alpha value is -1.49. The predicted molar refractivity (Wildman–Crippen MR) is 101 cm³/mol. The highest BCUT2D eigenvalue weighted by molar-refractivity contribution is 6.19. The summed E-state index contributed by atoms with van der Waals surface area (Å²) in [6.45, 7) is 9.58. The van der Waals surface area contributed by atoms with Crippen molar-refractivity contribution in [3.8, 4) is 0 Å². The lowest BCUT2D eigenvalue weighted by Gasteiger charge is -2.33. The van der Waals surface area contributed by atoms with Gasteiger partial charge in [0.05, 0.1) is 19.3 Å². The first-order valence-electron chi connectivity index (χ1n) is 7.98. The second kappa shape index (κ2) is 9.63. The molecule has 0 aromatic carbocycles. The van der Waals surface area contributed by atoms with Crippen LogP contribution in [0.4, 0.5) is 4.79 Å². The Kier molecular flexibility index (Phi) is 8.40. The van der Waals surface area contributed by atoms with Crippen LogP contribution >= 0.6 is 35.3 Å². The topological polar surface area (TPSA) is 105 Å². The summed E-state index contributed by atoms with van der Waals surface area (Å²) >= 11 is 15.3. The number of amides is 1. The molecule has 1 amide bonds. The number of carbonyl (C=O) groups excluding carboxylic acids is 1. The molecule has 0 bridgehead atoms. The summed E-state index contributed by atoms with van der Waals surface area (Å²) in [4.78, 5) is 45.7. The number of hydrogen-bond acceptors (Lipinski definition) is 6. The minimum absolute atomic E-state index is 0.0847. The fraction of sp³-hybridized carbons (Fsp3) is 0.714. The summed E-state index contributed by atoms with van der Waals surface area (Å²) in [5.74, 6) is 0. The van der Waals surface area contributed by atoms with Crippen molar-refractivity contribution in [3.05, 3.63) is 31.5 Å². The molecule has 0 spiro atoms. The molecule has 1 saturated heterocycles. The Balaban J connectivity index is 0.000000277. The molecule has 1 aromatic heterocycles. The van der Waals surface area contributed by atoms with Gasteiger partial charge in [-0.05, 0) is 27.2 Å². The van der Waals surface area contributed by atoms with Crippen LogP contribution in [0.1, 0.15) is 34.1 Å². The smallest absolute Gasteiger partial charge is 0.410 e. The predicted octanol–water partition coefficient (Wildman–Crippen LogP) is 1.21. The Morgan fingerprint density at radius 3 is 1.89 bits per heavy atom. The van der Waals surface area contributed by atoms with Crippen LogP contribution in [-0.2, 0) is 9.47 Å². The van der Waals surface area contributed by atoms with Gasteiger partial charge < -0.3 is 14.4 Å². The fourth-order valence-corrected chi connectivity index (χ4v) is 2.50. The average Bonchev–Trinajstić information content (AvgIpc) is 2.62. The molecule has 1 aromatic rings. The van der Waals surface area contributed by atoms with Crippen LogP contribution < -0.4 is 17.1 Å². The summed E-state index contributed by atoms with van der Waals surface area (Å²) < 4.78 is 11.0. The van der Waals surface area contributed by atoms with E-state index in [2.05, 4.69) is 6.92 Å². The third kappa shape index (κ3) is 6.56.